The first-order chi connectivity index (χ1) is 6.27. The van der Waals surface area contributed by atoms with Crippen LogP contribution in [0.25, 0.3) is 5.82 Å². The Kier molecular flexibility index (Phi) is 2.33. The lowest BCUT2D eigenvalue weighted by Crippen LogP contribution is -1.98. The molecular formula is C8H5BrClN3. The Morgan fingerprint density at radius 3 is 2.85 bits per heavy atom. The highest BCUT2D eigenvalue weighted by Crippen LogP contribution is 2.17. The maximum Gasteiger partial charge on any atom is 0.167 e. The van der Waals surface area contributed by atoms with E-state index < -0.39 is 0 Å². The van der Waals surface area contributed by atoms with E-state index in [1.165, 1.54) is 0 Å². The zero-order valence-electron chi connectivity index (χ0n) is 6.48. The molecule has 0 saturated carbocycles. The summed E-state index contributed by atoms with van der Waals surface area (Å²) in [5, 5.41) is 4.49. The van der Waals surface area contributed by atoms with Crippen LogP contribution in [-0.4, -0.2) is 14.8 Å². The predicted molar refractivity (Wildman–Crippen MR) is 54.1 cm³/mol. The SMILES string of the molecule is Clc1ccn(-c2ncccc2Br)n1. The number of nitrogens with zero attached hydrogens (tertiary/aromatic N) is 3. The molecule has 5 heteroatoms. The summed E-state index contributed by atoms with van der Waals surface area (Å²) in [5.74, 6) is 0.731. The van der Waals surface area contributed by atoms with Crippen molar-refractivity contribution in [3.8, 4) is 5.82 Å². The summed E-state index contributed by atoms with van der Waals surface area (Å²) >= 11 is 9.06. The molecule has 66 valence electrons. The van der Waals surface area contributed by atoms with Crippen molar-refractivity contribution in [2.45, 2.75) is 0 Å². The van der Waals surface area contributed by atoms with Crippen LogP contribution < -0.4 is 0 Å². The Morgan fingerprint density at radius 1 is 1.38 bits per heavy atom. The maximum absolute atomic E-state index is 5.69. The third-order valence-corrected chi connectivity index (χ3v) is 2.33. The number of aromatic nitrogens is 3. The molecule has 0 aliphatic heterocycles. The normalized spacial score (nSPS) is 10.3. The van der Waals surface area contributed by atoms with E-state index in [2.05, 4.69) is 26.0 Å². The number of hydrogen-bond acceptors (Lipinski definition) is 2. The smallest absolute Gasteiger partial charge is 0.167 e. The Bertz CT molecular complexity index is 427. The zero-order valence-corrected chi connectivity index (χ0v) is 8.83. The molecule has 0 amide bonds. The van der Waals surface area contributed by atoms with Gasteiger partial charge in [0.25, 0.3) is 0 Å². The number of rotatable bonds is 1. The van der Waals surface area contributed by atoms with Crippen LogP contribution in [0, 0.1) is 0 Å². The van der Waals surface area contributed by atoms with Gasteiger partial charge < -0.3 is 0 Å². The largest absolute Gasteiger partial charge is 0.236 e. The fraction of sp³-hybridized carbons (Fsp3) is 0. The van der Waals surface area contributed by atoms with Gasteiger partial charge in [0, 0.05) is 12.4 Å². The predicted octanol–water partition coefficient (Wildman–Crippen LogP) is 2.68. The Balaban J connectivity index is 2.52. The van der Waals surface area contributed by atoms with Crippen molar-refractivity contribution in [1.29, 1.82) is 0 Å². The first kappa shape index (κ1) is 8.72. The Labute approximate surface area is 88.5 Å². The summed E-state index contributed by atoms with van der Waals surface area (Å²) < 4.78 is 2.50. The first-order valence-electron chi connectivity index (χ1n) is 3.59. The van der Waals surface area contributed by atoms with Gasteiger partial charge in [-0.1, -0.05) is 11.6 Å². The average Bonchev–Trinajstić information content (AvgIpc) is 2.53. The van der Waals surface area contributed by atoms with Gasteiger partial charge in [0.2, 0.25) is 0 Å². The fourth-order valence-corrected chi connectivity index (χ4v) is 1.54. The molecular weight excluding hydrogens is 253 g/mol. The van der Waals surface area contributed by atoms with E-state index in [9.17, 15) is 0 Å². The van der Waals surface area contributed by atoms with Gasteiger partial charge in [0.05, 0.1) is 4.47 Å². The van der Waals surface area contributed by atoms with Crippen LogP contribution in [-0.2, 0) is 0 Å². The second-order valence-electron chi connectivity index (χ2n) is 2.39. The minimum atomic E-state index is 0.456. The molecule has 0 bridgehead atoms. The summed E-state index contributed by atoms with van der Waals surface area (Å²) in [7, 11) is 0. The molecule has 0 radical (unpaired) electrons. The molecule has 2 aromatic heterocycles. The molecule has 0 fully saturated rings. The number of hydrogen-bond donors (Lipinski definition) is 0. The maximum atomic E-state index is 5.69. The molecule has 13 heavy (non-hydrogen) atoms. The lowest BCUT2D eigenvalue weighted by Gasteiger charge is -2.00. The highest BCUT2D eigenvalue weighted by molar-refractivity contribution is 9.10. The van der Waals surface area contributed by atoms with E-state index in [0.717, 1.165) is 10.3 Å². The second-order valence-corrected chi connectivity index (χ2v) is 3.63. The Morgan fingerprint density at radius 2 is 2.23 bits per heavy atom. The third-order valence-electron chi connectivity index (χ3n) is 1.51. The van der Waals surface area contributed by atoms with Gasteiger partial charge in [-0.2, -0.15) is 5.10 Å². The van der Waals surface area contributed by atoms with Gasteiger partial charge in [-0.05, 0) is 34.1 Å². The molecule has 2 heterocycles. The van der Waals surface area contributed by atoms with Crippen LogP contribution in [0.5, 0.6) is 0 Å². The zero-order chi connectivity index (χ0) is 9.26. The van der Waals surface area contributed by atoms with Crippen molar-refractivity contribution in [2.24, 2.45) is 0 Å². The summed E-state index contributed by atoms with van der Waals surface area (Å²) in [4.78, 5) is 4.16. The summed E-state index contributed by atoms with van der Waals surface area (Å²) in [6, 6.07) is 5.46. The summed E-state index contributed by atoms with van der Waals surface area (Å²) in [5.41, 5.74) is 0. The Hall–Kier alpha value is -0.870. The van der Waals surface area contributed by atoms with Crippen LogP contribution in [0.1, 0.15) is 0 Å². The summed E-state index contributed by atoms with van der Waals surface area (Å²) in [6.07, 6.45) is 3.46. The van der Waals surface area contributed by atoms with Gasteiger partial charge in [0.1, 0.15) is 0 Å². The van der Waals surface area contributed by atoms with Gasteiger partial charge in [-0.3, -0.25) is 0 Å². The van der Waals surface area contributed by atoms with Gasteiger partial charge in [-0.25, -0.2) is 9.67 Å². The third kappa shape index (κ3) is 1.73. The molecule has 0 unspecified atom stereocenters. The van der Waals surface area contributed by atoms with Crippen molar-refractivity contribution < 1.29 is 0 Å². The molecule has 0 saturated heterocycles. The van der Waals surface area contributed by atoms with Crippen LogP contribution in [0.3, 0.4) is 0 Å². The second kappa shape index (κ2) is 3.47. The molecule has 0 spiro atoms. The molecule has 2 aromatic rings. The molecule has 0 atom stereocenters. The topological polar surface area (TPSA) is 30.7 Å². The molecule has 0 aliphatic carbocycles. The first-order valence-corrected chi connectivity index (χ1v) is 4.76. The van der Waals surface area contributed by atoms with Crippen LogP contribution >= 0.6 is 27.5 Å². The van der Waals surface area contributed by atoms with E-state index in [0.29, 0.717) is 5.15 Å². The molecule has 0 N–H and O–H groups in total. The van der Waals surface area contributed by atoms with Gasteiger partial charge in [-0.15, -0.1) is 0 Å². The van der Waals surface area contributed by atoms with Crippen molar-refractivity contribution in [3.05, 3.63) is 40.2 Å². The van der Waals surface area contributed by atoms with Crippen molar-refractivity contribution in [2.75, 3.05) is 0 Å². The highest BCUT2D eigenvalue weighted by Gasteiger charge is 2.03. The van der Waals surface area contributed by atoms with Gasteiger partial charge in [0.15, 0.2) is 11.0 Å². The van der Waals surface area contributed by atoms with E-state index >= 15 is 0 Å². The average molecular weight is 259 g/mol. The van der Waals surface area contributed by atoms with Crippen LogP contribution in [0.2, 0.25) is 5.15 Å². The van der Waals surface area contributed by atoms with Gasteiger partial charge >= 0.3 is 0 Å². The van der Waals surface area contributed by atoms with Crippen molar-refractivity contribution >= 4 is 27.5 Å². The van der Waals surface area contributed by atoms with E-state index in [1.54, 1.807) is 23.1 Å². The minimum Gasteiger partial charge on any atom is -0.236 e. The highest BCUT2D eigenvalue weighted by atomic mass is 79.9. The fourth-order valence-electron chi connectivity index (χ4n) is 0.966. The molecule has 3 nitrogen and oxygen atoms in total. The summed E-state index contributed by atoms with van der Waals surface area (Å²) in [6.45, 7) is 0. The van der Waals surface area contributed by atoms with Crippen molar-refractivity contribution in [3.63, 3.8) is 0 Å². The molecule has 2 rings (SSSR count). The number of halogens is 2. The quantitative estimate of drug-likeness (QED) is 0.787. The molecule has 0 aliphatic rings. The monoisotopic (exact) mass is 257 g/mol. The standard InChI is InChI=1S/C8H5BrClN3/c9-6-2-1-4-11-8(6)13-5-3-7(10)12-13/h1-5H. The lowest BCUT2D eigenvalue weighted by atomic mass is 10.5. The van der Waals surface area contributed by atoms with Crippen LogP contribution in [0.15, 0.2) is 35.1 Å². The number of pyridine rings is 1. The van der Waals surface area contributed by atoms with E-state index in [1.807, 2.05) is 12.1 Å². The van der Waals surface area contributed by atoms with Crippen molar-refractivity contribution in [1.82, 2.24) is 14.8 Å². The minimum absolute atomic E-state index is 0.456. The van der Waals surface area contributed by atoms with E-state index in [4.69, 9.17) is 11.6 Å². The molecule has 0 aromatic carbocycles. The van der Waals surface area contributed by atoms with Crippen LogP contribution in [0.4, 0.5) is 0 Å². The van der Waals surface area contributed by atoms with E-state index in [-0.39, 0.29) is 0 Å². The lowest BCUT2D eigenvalue weighted by molar-refractivity contribution is 0.842.